The first-order chi connectivity index (χ1) is 11.5. The van der Waals surface area contributed by atoms with Crippen LogP contribution in [0.4, 0.5) is 10.1 Å². The molecule has 5 heteroatoms. The van der Waals surface area contributed by atoms with Crippen LogP contribution < -0.4 is 15.8 Å². The zero-order valence-electron chi connectivity index (χ0n) is 14.1. The summed E-state index contributed by atoms with van der Waals surface area (Å²) in [6.45, 7) is 4.56. The highest BCUT2D eigenvalue weighted by Gasteiger charge is 2.00. The number of nitrogens with one attached hydrogen (secondary N) is 1. The molecule has 4 nitrogen and oxygen atoms in total. The van der Waals surface area contributed by atoms with Crippen molar-refractivity contribution in [2.75, 3.05) is 11.9 Å². The van der Waals surface area contributed by atoms with Gasteiger partial charge in [0, 0.05) is 12.2 Å². The second kappa shape index (κ2) is 8.91. The van der Waals surface area contributed by atoms with Crippen molar-refractivity contribution in [3.8, 4) is 5.75 Å². The molecule has 0 radical (unpaired) electrons. The SMILES string of the molecule is CC(C)Oc1ccc(NC(N)=NCCCc2cccc(F)c2)cc1. The van der Waals surface area contributed by atoms with Crippen molar-refractivity contribution in [2.45, 2.75) is 32.8 Å². The number of guanidine groups is 1. The van der Waals surface area contributed by atoms with Crippen molar-refractivity contribution in [3.05, 3.63) is 59.9 Å². The Morgan fingerprint density at radius 3 is 2.62 bits per heavy atom. The first kappa shape index (κ1) is 17.8. The van der Waals surface area contributed by atoms with Gasteiger partial charge in [-0.3, -0.25) is 4.99 Å². The quantitative estimate of drug-likeness (QED) is 0.459. The molecule has 0 aliphatic heterocycles. The molecule has 0 amide bonds. The second-order valence-corrected chi connectivity index (χ2v) is 5.82. The maximum Gasteiger partial charge on any atom is 0.193 e. The highest BCUT2D eigenvalue weighted by atomic mass is 19.1. The van der Waals surface area contributed by atoms with Crippen molar-refractivity contribution in [3.63, 3.8) is 0 Å². The molecule has 0 fully saturated rings. The minimum absolute atomic E-state index is 0.147. The van der Waals surface area contributed by atoms with E-state index in [1.165, 1.54) is 6.07 Å². The lowest BCUT2D eigenvalue weighted by molar-refractivity contribution is 0.242. The third-order valence-corrected chi connectivity index (χ3v) is 3.29. The summed E-state index contributed by atoms with van der Waals surface area (Å²) in [5.41, 5.74) is 7.70. The molecule has 0 aliphatic carbocycles. The van der Waals surface area contributed by atoms with Gasteiger partial charge in [0.25, 0.3) is 0 Å². The molecule has 0 aromatic heterocycles. The summed E-state index contributed by atoms with van der Waals surface area (Å²) in [4.78, 5) is 4.29. The molecule has 0 bridgehead atoms. The average Bonchev–Trinajstić information content (AvgIpc) is 2.53. The van der Waals surface area contributed by atoms with Crippen LogP contribution in [0.25, 0.3) is 0 Å². The van der Waals surface area contributed by atoms with E-state index in [-0.39, 0.29) is 11.9 Å². The normalized spacial score (nSPS) is 11.6. The largest absolute Gasteiger partial charge is 0.491 e. The van der Waals surface area contributed by atoms with E-state index in [9.17, 15) is 4.39 Å². The number of aryl methyl sites for hydroxylation is 1. The van der Waals surface area contributed by atoms with Crippen LogP contribution in [0.3, 0.4) is 0 Å². The van der Waals surface area contributed by atoms with Gasteiger partial charge in [-0.25, -0.2) is 4.39 Å². The van der Waals surface area contributed by atoms with Gasteiger partial charge in [-0.1, -0.05) is 12.1 Å². The predicted octanol–water partition coefficient (Wildman–Crippen LogP) is 3.97. The van der Waals surface area contributed by atoms with E-state index in [0.29, 0.717) is 12.5 Å². The highest BCUT2D eigenvalue weighted by molar-refractivity contribution is 5.92. The van der Waals surface area contributed by atoms with Gasteiger partial charge in [-0.05, 0) is 68.7 Å². The molecule has 2 rings (SSSR count). The van der Waals surface area contributed by atoms with Gasteiger partial charge in [-0.15, -0.1) is 0 Å². The van der Waals surface area contributed by atoms with Gasteiger partial charge in [0.1, 0.15) is 11.6 Å². The molecule has 0 saturated heterocycles. The summed E-state index contributed by atoms with van der Waals surface area (Å²) in [5.74, 6) is 0.981. The number of hydrogen-bond acceptors (Lipinski definition) is 2. The number of benzene rings is 2. The van der Waals surface area contributed by atoms with Gasteiger partial charge >= 0.3 is 0 Å². The number of anilines is 1. The van der Waals surface area contributed by atoms with Crippen LogP contribution in [0.2, 0.25) is 0 Å². The molecule has 128 valence electrons. The Morgan fingerprint density at radius 1 is 1.21 bits per heavy atom. The highest BCUT2D eigenvalue weighted by Crippen LogP contribution is 2.16. The van der Waals surface area contributed by atoms with Crippen LogP contribution in [0.5, 0.6) is 5.75 Å². The van der Waals surface area contributed by atoms with Gasteiger partial charge in [0.05, 0.1) is 6.10 Å². The smallest absolute Gasteiger partial charge is 0.193 e. The third-order valence-electron chi connectivity index (χ3n) is 3.29. The van der Waals surface area contributed by atoms with Crippen molar-refractivity contribution >= 4 is 11.6 Å². The molecular formula is C19H24FN3O. The summed E-state index contributed by atoms with van der Waals surface area (Å²) in [6, 6.07) is 14.2. The Hall–Kier alpha value is -2.56. The Kier molecular flexibility index (Phi) is 6.61. The van der Waals surface area contributed by atoms with E-state index in [0.717, 1.165) is 29.8 Å². The molecule has 0 spiro atoms. The van der Waals surface area contributed by atoms with Crippen molar-refractivity contribution in [2.24, 2.45) is 10.7 Å². The summed E-state index contributed by atoms with van der Waals surface area (Å²) >= 11 is 0. The van der Waals surface area contributed by atoms with E-state index in [1.54, 1.807) is 12.1 Å². The number of hydrogen-bond donors (Lipinski definition) is 2. The molecule has 3 N–H and O–H groups in total. The summed E-state index contributed by atoms with van der Waals surface area (Å²) in [6.07, 6.45) is 1.73. The van der Waals surface area contributed by atoms with Crippen molar-refractivity contribution in [1.82, 2.24) is 0 Å². The van der Waals surface area contributed by atoms with E-state index in [1.807, 2.05) is 44.2 Å². The van der Waals surface area contributed by atoms with E-state index in [4.69, 9.17) is 10.5 Å². The van der Waals surface area contributed by atoms with E-state index >= 15 is 0 Å². The van der Waals surface area contributed by atoms with Crippen LogP contribution >= 0.6 is 0 Å². The zero-order chi connectivity index (χ0) is 17.4. The predicted molar refractivity (Wildman–Crippen MR) is 97.0 cm³/mol. The fourth-order valence-corrected chi connectivity index (χ4v) is 2.25. The van der Waals surface area contributed by atoms with Crippen LogP contribution in [0, 0.1) is 5.82 Å². The number of nitrogens with zero attached hydrogens (tertiary/aromatic N) is 1. The van der Waals surface area contributed by atoms with Gasteiger partial charge < -0.3 is 15.8 Å². The summed E-state index contributed by atoms with van der Waals surface area (Å²) in [7, 11) is 0. The van der Waals surface area contributed by atoms with E-state index < -0.39 is 0 Å². The number of rotatable bonds is 7. The fourth-order valence-electron chi connectivity index (χ4n) is 2.25. The minimum atomic E-state index is -0.206. The minimum Gasteiger partial charge on any atom is -0.491 e. The fraction of sp³-hybridized carbons (Fsp3) is 0.316. The van der Waals surface area contributed by atoms with Crippen LogP contribution in [-0.4, -0.2) is 18.6 Å². The first-order valence-corrected chi connectivity index (χ1v) is 8.11. The van der Waals surface area contributed by atoms with Crippen molar-refractivity contribution < 1.29 is 9.13 Å². The van der Waals surface area contributed by atoms with Gasteiger partial charge in [0.15, 0.2) is 5.96 Å². The van der Waals surface area contributed by atoms with Gasteiger partial charge in [0.2, 0.25) is 0 Å². The Labute approximate surface area is 142 Å². The van der Waals surface area contributed by atoms with Gasteiger partial charge in [-0.2, -0.15) is 0 Å². The lowest BCUT2D eigenvalue weighted by atomic mass is 10.1. The molecular weight excluding hydrogens is 305 g/mol. The number of nitrogens with two attached hydrogens (primary N) is 1. The Bertz CT molecular complexity index is 669. The topological polar surface area (TPSA) is 59.6 Å². The van der Waals surface area contributed by atoms with Crippen LogP contribution in [0.1, 0.15) is 25.8 Å². The molecule has 2 aromatic rings. The zero-order valence-corrected chi connectivity index (χ0v) is 14.1. The number of aliphatic imine (C=N–C) groups is 1. The standard InChI is InChI=1S/C19H24FN3O/c1-14(2)24-18-10-8-17(9-11-18)23-19(21)22-12-4-6-15-5-3-7-16(20)13-15/h3,5,7-11,13-14H,4,6,12H2,1-2H3,(H3,21,22,23). The molecule has 0 saturated carbocycles. The molecule has 0 unspecified atom stereocenters. The Balaban J connectivity index is 1.77. The first-order valence-electron chi connectivity index (χ1n) is 8.11. The average molecular weight is 329 g/mol. The van der Waals surface area contributed by atoms with E-state index in [2.05, 4.69) is 10.3 Å². The maximum atomic E-state index is 13.1. The summed E-state index contributed by atoms with van der Waals surface area (Å²) in [5, 5.41) is 3.04. The van der Waals surface area contributed by atoms with Crippen LogP contribution in [0.15, 0.2) is 53.5 Å². The number of ether oxygens (including phenoxy) is 1. The monoisotopic (exact) mass is 329 g/mol. The lowest BCUT2D eigenvalue weighted by Crippen LogP contribution is -2.22. The molecule has 0 aliphatic rings. The Morgan fingerprint density at radius 2 is 1.96 bits per heavy atom. The second-order valence-electron chi connectivity index (χ2n) is 5.82. The molecule has 0 atom stereocenters. The maximum absolute atomic E-state index is 13.1. The molecule has 24 heavy (non-hydrogen) atoms. The molecule has 2 aromatic carbocycles. The summed E-state index contributed by atoms with van der Waals surface area (Å²) < 4.78 is 18.7. The molecule has 0 heterocycles. The van der Waals surface area contributed by atoms with Crippen LogP contribution in [-0.2, 0) is 6.42 Å². The number of halogens is 1. The lowest BCUT2D eigenvalue weighted by Gasteiger charge is -2.11. The third kappa shape index (κ3) is 6.28. The van der Waals surface area contributed by atoms with Crippen molar-refractivity contribution in [1.29, 1.82) is 0 Å².